The molecule has 2 N–H and O–H groups in total. The Morgan fingerprint density at radius 3 is 2.36 bits per heavy atom. The van der Waals surface area contributed by atoms with Gasteiger partial charge in [-0.25, -0.2) is 4.39 Å². The number of piperidine rings is 1. The lowest BCUT2D eigenvalue weighted by atomic mass is 9.96. The zero-order chi connectivity index (χ0) is 17.6. The second kappa shape index (κ2) is 8.40. The molecule has 0 spiro atoms. The van der Waals surface area contributed by atoms with Gasteiger partial charge >= 0.3 is 0 Å². The van der Waals surface area contributed by atoms with Gasteiger partial charge in [0.2, 0.25) is 11.8 Å². The van der Waals surface area contributed by atoms with Crippen molar-refractivity contribution in [1.82, 2.24) is 15.1 Å². The number of hydrogen-bond acceptors (Lipinski definition) is 4. The van der Waals surface area contributed by atoms with Gasteiger partial charge in [-0.2, -0.15) is 0 Å². The third kappa shape index (κ3) is 4.99. The first-order valence-electron chi connectivity index (χ1n) is 8.89. The van der Waals surface area contributed by atoms with Crippen molar-refractivity contribution in [1.29, 1.82) is 0 Å². The number of nitrogens with one attached hydrogen (secondary N) is 2. The lowest BCUT2D eigenvalue weighted by Crippen LogP contribution is -2.52. The van der Waals surface area contributed by atoms with Gasteiger partial charge in [-0.1, -0.05) is 0 Å². The van der Waals surface area contributed by atoms with Crippen LogP contribution in [0.4, 0.5) is 10.1 Å². The molecule has 0 radical (unpaired) electrons. The summed E-state index contributed by atoms with van der Waals surface area (Å²) in [5.41, 5.74) is 0.589. The van der Waals surface area contributed by atoms with E-state index in [4.69, 9.17) is 0 Å². The summed E-state index contributed by atoms with van der Waals surface area (Å²) in [6.45, 7) is 4.87. The third-order valence-corrected chi connectivity index (χ3v) is 4.87. The zero-order valence-corrected chi connectivity index (χ0v) is 14.3. The van der Waals surface area contributed by atoms with Gasteiger partial charge in [0, 0.05) is 37.8 Å². The Kier molecular flexibility index (Phi) is 5.99. The maximum absolute atomic E-state index is 12.9. The predicted molar refractivity (Wildman–Crippen MR) is 93.6 cm³/mol. The monoisotopic (exact) mass is 348 g/mol. The standard InChI is InChI=1S/C18H25FN4O2/c19-15-1-3-16(4-2-15)21-17(24)13-22-9-11-23(12-10-22)18(25)14-5-7-20-8-6-14/h1-4,14,20H,5-13H2,(H,21,24). The fraction of sp³-hybridized carbons (Fsp3) is 0.556. The fourth-order valence-electron chi connectivity index (χ4n) is 3.39. The summed E-state index contributed by atoms with van der Waals surface area (Å²) in [4.78, 5) is 28.6. The minimum absolute atomic E-state index is 0.121. The maximum Gasteiger partial charge on any atom is 0.238 e. The number of rotatable bonds is 4. The van der Waals surface area contributed by atoms with Crippen LogP contribution in [0.15, 0.2) is 24.3 Å². The Morgan fingerprint density at radius 2 is 1.72 bits per heavy atom. The number of halogens is 1. The molecule has 2 aliphatic heterocycles. The molecule has 7 heteroatoms. The molecule has 2 aliphatic rings. The van der Waals surface area contributed by atoms with E-state index in [1.54, 1.807) is 12.1 Å². The van der Waals surface area contributed by atoms with Crippen molar-refractivity contribution in [3.8, 4) is 0 Å². The Hall–Kier alpha value is -1.99. The van der Waals surface area contributed by atoms with Gasteiger partial charge < -0.3 is 15.5 Å². The Morgan fingerprint density at radius 1 is 1.08 bits per heavy atom. The van der Waals surface area contributed by atoms with Gasteiger partial charge in [0.05, 0.1) is 6.54 Å². The molecule has 0 unspecified atom stereocenters. The van der Waals surface area contributed by atoms with Crippen LogP contribution in [0.1, 0.15) is 12.8 Å². The number of benzene rings is 1. The van der Waals surface area contributed by atoms with Crippen molar-refractivity contribution < 1.29 is 14.0 Å². The number of piperazine rings is 1. The lowest BCUT2D eigenvalue weighted by molar-refractivity contribution is -0.138. The molecular weight excluding hydrogens is 323 g/mol. The quantitative estimate of drug-likeness (QED) is 0.849. The molecule has 2 saturated heterocycles. The minimum Gasteiger partial charge on any atom is -0.340 e. The first-order valence-corrected chi connectivity index (χ1v) is 8.89. The van der Waals surface area contributed by atoms with E-state index in [-0.39, 0.29) is 30.1 Å². The highest BCUT2D eigenvalue weighted by molar-refractivity contribution is 5.92. The minimum atomic E-state index is -0.326. The predicted octanol–water partition coefficient (Wildman–Crippen LogP) is 0.908. The largest absolute Gasteiger partial charge is 0.340 e. The molecule has 3 rings (SSSR count). The van der Waals surface area contributed by atoms with Gasteiger partial charge in [0.25, 0.3) is 0 Å². The van der Waals surface area contributed by atoms with Crippen LogP contribution in [0.2, 0.25) is 0 Å². The van der Waals surface area contributed by atoms with E-state index >= 15 is 0 Å². The van der Waals surface area contributed by atoms with Crippen LogP contribution < -0.4 is 10.6 Å². The van der Waals surface area contributed by atoms with E-state index in [2.05, 4.69) is 10.6 Å². The van der Waals surface area contributed by atoms with E-state index in [0.29, 0.717) is 31.9 Å². The number of carbonyl (C=O) groups is 2. The van der Waals surface area contributed by atoms with Crippen molar-refractivity contribution in [2.75, 3.05) is 51.1 Å². The molecule has 0 atom stereocenters. The first kappa shape index (κ1) is 17.8. The molecule has 6 nitrogen and oxygen atoms in total. The number of anilines is 1. The summed E-state index contributed by atoms with van der Waals surface area (Å²) in [7, 11) is 0. The van der Waals surface area contributed by atoms with Crippen molar-refractivity contribution in [2.24, 2.45) is 5.92 Å². The molecule has 25 heavy (non-hydrogen) atoms. The van der Waals surface area contributed by atoms with Gasteiger partial charge in [-0.3, -0.25) is 14.5 Å². The molecule has 2 fully saturated rings. The molecule has 0 saturated carbocycles. The third-order valence-electron chi connectivity index (χ3n) is 4.87. The van der Waals surface area contributed by atoms with Crippen LogP contribution in [0.25, 0.3) is 0 Å². The highest BCUT2D eigenvalue weighted by atomic mass is 19.1. The highest BCUT2D eigenvalue weighted by Gasteiger charge is 2.28. The SMILES string of the molecule is O=C(CN1CCN(C(=O)C2CCNCC2)CC1)Nc1ccc(F)cc1. The van der Waals surface area contributed by atoms with Gasteiger partial charge in [-0.05, 0) is 50.2 Å². The average molecular weight is 348 g/mol. The Bertz CT molecular complexity index is 594. The normalized spacial score (nSPS) is 19.6. The van der Waals surface area contributed by atoms with E-state index in [9.17, 15) is 14.0 Å². The second-order valence-corrected chi connectivity index (χ2v) is 6.68. The lowest BCUT2D eigenvalue weighted by Gasteiger charge is -2.36. The van der Waals surface area contributed by atoms with E-state index in [0.717, 1.165) is 25.9 Å². The molecular formula is C18H25FN4O2. The van der Waals surface area contributed by atoms with Crippen molar-refractivity contribution in [3.05, 3.63) is 30.1 Å². The van der Waals surface area contributed by atoms with Crippen molar-refractivity contribution >= 4 is 17.5 Å². The van der Waals surface area contributed by atoms with Crippen LogP contribution >= 0.6 is 0 Å². The topological polar surface area (TPSA) is 64.7 Å². The van der Waals surface area contributed by atoms with Crippen LogP contribution in [0.3, 0.4) is 0 Å². The smallest absolute Gasteiger partial charge is 0.238 e. The number of carbonyl (C=O) groups excluding carboxylic acids is 2. The fourth-order valence-corrected chi connectivity index (χ4v) is 3.39. The number of amides is 2. The first-order chi connectivity index (χ1) is 12.1. The van der Waals surface area contributed by atoms with Gasteiger partial charge in [0.1, 0.15) is 5.82 Å². The summed E-state index contributed by atoms with van der Waals surface area (Å²) in [6.07, 6.45) is 1.83. The highest BCUT2D eigenvalue weighted by Crippen LogP contribution is 2.16. The van der Waals surface area contributed by atoms with Gasteiger partial charge in [-0.15, -0.1) is 0 Å². The van der Waals surface area contributed by atoms with Crippen molar-refractivity contribution in [2.45, 2.75) is 12.8 Å². The average Bonchev–Trinajstić information content (AvgIpc) is 2.64. The van der Waals surface area contributed by atoms with Crippen LogP contribution in [0.5, 0.6) is 0 Å². The molecule has 0 aliphatic carbocycles. The van der Waals surface area contributed by atoms with Crippen LogP contribution in [0, 0.1) is 11.7 Å². The number of nitrogens with zero attached hydrogens (tertiary/aromatic N) is 2. The Labute approximate surface area is 147 Å². The number of hydrogen-bond donors (Lipinski definition) is 2. The molecule has 0 bridgehead atoms. The molecule has 1 aromatic rings. The molecule has 136 valence electrons. The maximum atomic E-state index is 12.9. The summed E-state index contributed by atoms with van der Waals surface area (Å²) >= 11 is 0. The van der Waals surface area contributed by atoms with Crippen LogP contribution in [-0.4, -0.2) is 67.4 Å². The summed E-state index contributed by atoms with van der Waals surface area (Å²) in [5.74, 6) is -0.0382. The molecule has 2 heterocycles. The summed E-state index contributed by atoms with van der Waals surface area (Å²) < 4.78 is 12.9. The summed E-state index contributed by atoms with van der Waals surface area (Å²) in [5, 5.41) is 6.05. The van der Waals surface area contributed by atoms with Gasteiger partial charge in [0.15, 0.2) is 0 Å². The van der Waals surface area contributed by atoms with E-state index in [1.165, 1.54) is 12.1 Å². The Balaban J connectivity index is 1.41. The molecule has 2 amide bonds. The van der Waals surface area contributed by atoms with Crippen molar-refractivity contribution in [3.63, 3.8) is 0 Å². The molecule has 1 aromatic carbocycles. The van der Waals surface area contributed by atoms with E-state index in [1.807, 2.05) is 9.80 Å². The van der Waals surface area contributed by atoms with E-state index < -0.39 is 0 Å². The molecule has 0 aromatic heterocycles. The zero-order valence-electron chi connectivity index (χ0n) is 14.3. The van der Waals surface area contributed by atoms with Crippen LogP contribution in [-0.2, 0) is 9.59 Å². The summed E-state index contributed by atoms with van der Waals surface area (Å²) in [6, 6.07) is 5.73. The second-order valence-electron chi connectivity index (χ2n) is 6.68.